The van der Waals surface area contributed by atoms with Gasteiger partial charge in [0, 0.05) is 11.3 Å². The Bertz CT molecular complexity index is 904. The number of methoxy groups -OCH3 is 1. The van der Waals surface area contributed by atoms with Crippen molar-refractivity contribution in [2.75, 3.05) is 12.4 Å². The zero-order chi connectivity index (χ0) is 17.8. The Balaban J connectivity index is 1.82. The van der Waals surface area contributed by atoms with Gasteiger partial charge in [0.1, 0.15) is 23.9 Å². The van der Waals surface area contributed by atoms with E-state index in [-0.39, 0.29) is 12.5 Å². The van der Waals surface area contributed by atoms with Crippen LogP contribution in [0.2, 0.25) is 5.02 Å². The van der Waals surface area contributed by atoms with Crippen molar-refractivity contribution in [3.05, 3.63) is 70.9 Å². The Hall–Kier alpha value is -2.76. The van der Waals surface area contributed by atoms with Gasteiger partial charge in [0.15, 0.2) is 0 Å². The van der Waals surface area contributed by atoms with Crippen LogP contribution in [0.5, 0.6) is 5.75 Å². The van der Waals surface area contributed by atoms with Crippen molar-refractivity contribution in [3.63, 3.8) is 0 Å². The molecule has 0 aliphatic rings. The van der Waals surface area contributed by atoms with Crippen molar-refractivity contribution in [1.29, 1.82) is 0 Å². The average molecular weight is 358 g/mol. The highest BCUT2D eigenvalue weighted by Gasteiger charge is 2.14. The van der Waals surface area contributed by atoms with E-state index in [1.165, 1.54) is 7.11 Å². The van der Waals surface area contributed by atoms with Crippen molar-refractivity contribution in [1.82, 2.24) is 0 Å². The van der Waals surface area contributed by atoms with E-state index >= 15 is 0 Å². The van der Waals surface area contributed by atoms with Gasteiger partial charge in [0.25, 0.3) is 5.91 Å². The van der Waals surface area contributed by atoms with Crippen LogP contribution in [0.1, 0.15) is 16.1 Å². The highest BCUT2D eigenvalue weighted by atomic mass is 35.5. The zero-order valence-electron chi connectivity index (χ0n) is 13.5. The van der Waals surface area contributed by atoms with Crippen molar-refractivity contribution >= 4 is 23.2 Å². The van der Waals surface area contributed by atoms with E-state index in [4.69, 9.17) is 25.9 Å². The zero-order valence-corrected chi connectivity index (χ0v) is 14.2. The van der Waals surface area contributed by atoms with Gasteiger partial charge >= 0.3 is 0 Å². The van der Waals surface area contributed by atoms with Crippen LogP contribution in [0, 0.1) is 0 Å². The first-order valence-electron chi connectivity index (χ1n) is 7.56. The van der Waals surface area contributed by atoms with E-state index in [9.17, 15) is 4.79 Å². The number of nitrogens with one attached hydrogen (secondary N) is 1. The largest absolute Gasteiger partial charge is 0.496 e. The van der Waals surface area contributed by atoms with Gasteiger partial charge in [0.2, 0.25) is 0 Å². The topological polar surface area (TPSA) is 71.7 Å². The van der Waals surface area contributed by atoms with Gasteiger partial charge in [-0.15, -0.1) is 0 Å². The van der Waals surface area contributed by atoms with Crippen LogP contribution in [0.3, 0.4) is 0 Å². The number of carbonyl (C=O) groups is 1. The van der Waals surface area contributed by atoms with Crippen LogP contribution in [0.15, 0.2) is 59.0 Å². The summed E-state index contributed by atoms with van der Waals surface area (Å²) < 4.78 is 10.7. The Labute approximate surface area is 149 Å². The molecular weight excluding hydrogens is 342 g/mol. The molecule has 0 unspecified atom stereocenters. The lowest BCUT2D eigenvalue weighted by Crippen LogP contribution is -2.13. The van der Waals surface area contributed by atoms with Gasteiger partial charge in [-0.25, -0.2) is 0 Å². The molecule has 0 bridgehead atoms. The predicted molar refractivity (Wildman–Crippen MR) is 96.0 cm³/mol. The number of carbonyl (C=O) groups excluding carboxylic acids is 1. The molecule has 1 heterocycles. The monoisotopic (exact) mass is 357 g/mol. The van der Waals surface area contributed by atoms with Crippen LogP contribution in [-0.4, -0.2) is 18.1 Å². The van der Waals surface area contributed by atoms with Gasteiger partial charge in [0.05, 0.1) is 17.7 Å². The van der Waals surface area contributed by atoms with E-state index in [1.807, 2.05) is 0 Å². The number of hydrogen-bond donors (Lipinski definition) is 2. The summed E-state index contributed by atoms with van der Waals surface area (Å²) in [6.07, 6.45) is 0. The molecule has 3 aromatic rings. The number of amides is 1. The smallest absolute Gasteiger partial charge is 0.259 e. The second kappa shape index (κ2) is 7.42. The fourth-order valence-electron chi connectivity index (χ4n) is 2.43. The molecule has 0 aliphatic heterocycles. The van der Waals surface area contributed by atoms with E-state index in [0.717, 1.165) is 0 Å². The normalized spacial score (nSPS) is 10.5. The van der Waals surface area contributed by atoms with Gasteiger partial charge in [-0.1, -0.05) is 23.7 Å². The van der Waals surface area contributed by atoms with Crippen LogP contribution < -0.4 is 10.1 Å². The first-order chi connectivity index (χ1) is 12.1. The summed E-state index contributed by atoms with van der Waals surface area (Å²) in [5.74, 6) is 1.22. The van der Waals surface area contributed by atoms with Crippen molar-refractivity contribution in [2.24, 2.45) is 0 Å². The highest BCUT2D eigenvalue weighted by Crippen LogP contribution is 2.32. The van der Waals surface area contributed by atoms with E-state index in [1.54, 1.807) is 54.6 Å². The third kappa shape index (κ3) is 3.68. The number of halogens is 1. The molecule has 2 aromatic carbocycles. The SMILES string of the molecule is COc1ccccc1C(=O)Nc1ccc(-c2ccc(CO)o2)c(Cl)c1. The van der Waals surface area contributed by atoms with Crippen LogP contribution in [0.4, 0.5) is 5.69 Å². The van der Waals surface area contributed by atoms with E-state index < -0.39 is 0 Å². The van der Waals surface area contributed by atoms with E-state index in [2.05, 4.69) is 5.32 Å². The molecule has 0 radical (unpaired) electrons. The molecule has 0 saturated carbocycles. The fourth-order valence-corrected chi connectivity index (χ4v) is 2.70. The molecule has 6 heteroatoms. The molecule has 128 valence electrons. The summed E-state index contributed by atoms with van der Waals surface area (Å²) in [5.41, 5.74) is 1.67. The molecule has 0 saturated heterocycles. The Morgan fingerprint density at radius 2 is 2.00 bits per heavy atom. The number of furan rings is 1. The summed E-state index contributed by atoms with van der Waals surface area (Å²) in [6.45, 7) is -0.176. The van der Waals surface area contributed by atoms with Crippen LogP contribution in [-0.2, 0) is 6.61 Å². The molecular formula is C19H16ClNO4. The third-order valence-corrected chi connectivity index (χ3v) is 3.97. The number of benzene rings is 2. The number of aliphatic hydroxyl groups excluding tert-OH is 1. The standard InChI is InChI=1S/C19H16ClNO4/c1-24-17-5-3-2-4-15(17)19(23)21-12-6-8-14(16(20)10-12)18-9-7-13(11-22)25-18/h2-10,22H,11H2,1H3,(H,21,23). The number of hydrogen-bond acceptors (Lipinski definition) is 4. The summed E-state index contributed by atoms with van der Waals surface area (Å²) in [4.78, 5) is 12.4. The van der Waals surface area contributed by atoms with Gasteiger partial charge in [-0.2, -0.15) is 0 Å². The maximum Gasteiger partial charge on any atom is 0.259 e. The number of anilines is 1. The Morgan fingerprint density at radius 3 is 2.68 bits per heavy atom. The van der Waals surface area contributed by atoms with Gasteiger partial charge < -0.3 is 19.6 Å². The maximum atomic E-state index is 12.4. The quantitative estimate of drug-likeness (QED) is 0.712. The third-order valence-electron chi connectivity index (χ3n) is 3.66. The van der Waals surface area contributed by atoms with Crippen molar-refractivity contribution in [2.45, 2.75) is 6.61 Å². The Kier molecular flexibility index (Phi) is 5.07. The minimum atomic E-state index is -0.290. The Morgan fingerprint density at radius 1 is 1.20 bits per heavy atom. The van der Waals surface area contributed by atoms with Crippen molar-refractivity contribution < 1.29 is 19.1 Å². The molecule has 25 heavy (non-hydrogen) atoms. The van der Waals surface area contributed by atoms with Crippen LogP contribution in [0.25, 0.3) is 11.3 Å². The second-order valence-corrected chi connectivity index (χ2v) is 5.68. The molecule has 0 spiro atoms. The highest BCUT2D eigenvalue weighted by molar-refractivity contribution is 6.33. The molecule has 1 aromatic heterocycles. The fraction of sp³-hybridized carbons (Fsp3) is 0.105. The van der Waals surface area contributed by atoms with Gasteiger partial charge in [-0.3, -0.25) is 4.79 Å². The average Bonchev–Trinajstić information content (AvgIpc) is 3.10. The molecule has 0 fully saturated rings. The number of aliphatic hydroxyl groups is 1. The first kappa shape index (κ1) is 17.1. The molecule has 2 N–H and O–H groups in total. The predicted octanol–water partition coefficient (Wildman–Crippen LogP) is 4.35. The number of para-hydroxylation sites is 1. The summed E-state index contributed by atoms with van der Waals surface area (Å²) in [7, 11) is 1.52. The van der Waals surface area contributed by atoms with Gasteiger partial charge in [-0.05, 0) is 42.5 Å². The summed E-state index contributed by atoms with van der Waals surface area (Å²) >= 11 is 6.31. The van der Waals surface area contributed by atoms with E-state index in [0.29, 0.717) is 39.1 Å². The summed E-state index contributed by atoms with van der Waals surface area (Å²) in [6, 6.07) is 15.5. The maximum absolute atomic E-state index is 12.4. The number of ether oxygens (including phenoxy) is 1. The molecule has 0 aliphatic carbocycles. The second-order valence-electron chi connectivity index (χ2n) is 5.27. The lowest BCUT2D eigenvalue weighted by molar-refractivity contribution is 0.102. The lowest BCUT2D eigenvalue weighted by atomic mass is 10.1. The number of rotatable bonds is 5. The first-order valence-corrected chi connectivity index (χ1v) is 7.94. The molecule has 3 rings (SSSR count). The summed E-state index contributed by atoms with van der Waals surface area (Å²) in [5, 5.41) is 12.3. The molecule has 1 amide bonds. The molecule has 5 nitrogen and oxygen atoms in total. The van der Waals surface area contributed by atoms with Crippen LogP contribution >= 0.6 is 11.6 Å². The lowest BCUT2D eigenvalue weighted by Gasteiger charge is -2.10. The minimum Gasteiger partial charge on any atom is -0.496 e. The van der Waals surface area contributed by atoms with Crippen molar-refractivity contribution in [3.8, 4) is 17.1 Å². The minimum absolute atomic E-state index is 0.176. The molecule has 0 atom stereocenters.